The van der Waals surface area contributed by atoms with Gasteiger partial charge in [-0.25, -0.2) is 8.78 Å². The number of benzene rings is 1. The van der Waals surface area contributed by atoms with E-state index < -0.39 is 30.8 Å². The van der Waals surface area contributed by atoms with Crippen LogP contribution in [-0.4, -0.2) is 37.6 Å². The van der Waals surface area contributed by atoms with E-state index in [1.807, 2.05) is 0 Å². The van der Waals surface area contributed by atoms with Gasteiger partial charge in [0.15, 0.2) is 0 Å². The predicted molar refractivity (Wildman–Crippen MR) is 78.6 cm³/mol. The first kappa shape index (κ1) is 17.9. The average Bonchev–Trinajstić information content (AvgIpc) is 2.77. The molecular formula is C13H16Cl2F2N2O2. The molecule has 0 aliphatic carbocycles. The van der Waals surface area contributed by atoms with E-state index in [1.54, 1.807) is 24.3 Å². The average molecular weight is 341 g/mol. The number of rotatable bonds is 5. The van der Waals surface area contributed by atoms with Gasteiger partial charge in [-0.2, -0.15) is 0 Å². The lowest BCUT2D eigenvalue weighted by molar-refractivity contribution is -0.123. The van der Waals surface area contributed by atoms with Gasteiger partial charge in [-0.1, -0.05) is 11.6 Å². The highest BCUT2D eigenvalue weighted by Gasteiger charge is 2.42. The van der Waals surface area contributed by atoms with Crippen molar-refractivity contribution in [3.8, 4) is 5.75 Å². The third-order valence-corrected chi connectivity index (χ3v) is 3.16. The zero-order valence-corrected chi connectivity index (χ0v) is 12.6. The van der Waals surface area contributed by atoms with Crippen LogP contribution in [0.1, 0.15) is 6.42 Å². The molecule has 0 saturated carbocycles. The molecule has 118 valence electrons. The summed E-state index contributed by atoms with van der Waals surface area (Å²) in [5.41, 5.74) is 0. The Kier molecular flexibility index (Phi) is 6.64. The van der Waals surface area contributed by atoms with Gasteiger partial charge in [0.2, 0.25) is 5.91 Å². The van der Waals surface area contributed by atoms with E-state index in [0.29, 0.717) is 10.8 Å². The molecule has 1 amide bonds. The zero-order chi connectivity index (χ0) is 14.6. The largest absolute Gasteiger partial charge is 0.492 e. The number of hydrogen-bond donors (Lipinski definition) is 2. The zero-order valence-electron chi connectivity index (χ0n) is 11.1. The Morgan fingerprint density at radius 1 is 1.43 bits per heavy atom. The molecule has 1 aromatic rings. The molecular weight excluding hydrogens is 325 g/mol. The number of ether oxygens (including phenoxy) is 1. The third-order valence-electron chi connectivity index (χ3n) is 2.91. The van der Waals surface area contributed by atoms with E-state index >= 15 is 0 Å². The summed E-state index contributed by atoms with van der Waals surface area (Å²) in [6.07, 6.45) is -0.461. The van der Waals surface area contributed by atoms with Crippen LogP contribution in [0.5, 0.6) is 5.75 Å². The Morgan fingerprint density at radius 3 is 2.67 bits per heavy atom. The molecule has 1 atom stereocenters. The monoisotopic (exact) mass is 340 g/mol. The minimum Gasteiger partial charge on any atom is -0.492 e. The lowest BCUT2D eigenvalue weighted by Crippen LogP contribution is -2.41. The van der Waals surface area contributed by atoms with Crippen molar-refractivity contribution in [2.24, 2.45) is 0 Å². The highest BCUT2D eigenvalue weighted by atomic mass is 35.5. The van der Waals surface area contributed by atoms with Crippen LogP contribution in [-0.2, 0) is 4.79 Å². The molecule has 21 heavy (non-hydrogen) atoms. The molecule has 1 aromatic carbocycles. The fourth-order valence-electron chi connectivity index (χ4n) is 1.90. The van der Waals surface area contributed by atoms with Crippen LogP contribution in [0.4, 0.5) is 8.78 Å². The second-order valence-electron chi connectivity index (χ2n) is 4.59. The third kappa shape index (κ3) is 5.65. The molecule has 0 spiro atoms. The summed E-state index contributed by atoms with van der Waals surface area (Å²) in [7, 11) is 0. The van der Waals surface area contributed by atoms with Crippen molar-refractivity contribution >= 4 is 29.9 Å². The van der Waals surface area contributed by atoms with Crippen LogP contribution in [0.25, 0.3) is 0 Å². The Morgan fingerprint density at radius 2 is 2.10 bits per heavy atom. The van der Waals surface area contributed by atoms with E-state index in [0.717, 1.165) is 0 Å². The van der Waals surface area contributed by atoms with Gasteiger partial charge in [-0.15, -0.1) is 12.4 Å². The number of amides is 1. The quantitative estimate of drug-likeness (QED) is 0.808. The standard InChI is InChI=1S/C13H15ClF2N2O2.ClH/c14-9-1-3-10(4-2-9)20-6-5-17-12(19)11-7-13(15,16)8-18-11;/h1-4,11,18H,5-8H2,(H,17,19);1H. The number of carbonyl (C=O) groups is 1. The van der Waals surface area contributed by atoms with E-state index in [9.17, 15) is 13.6 Å². The van der Waals surface area contributed by atoms with Gasteiger partial charge in [0.1, 0.15) is 12.4 Å². The Labute approximate surface area is 132 Å². The van der Waals surface area contributed by atoms with Crippen molar-refractivity contribution in [1.29, 1.82) is 0 Å². The number of carbonyl (C=O) groups excluding carboxylic acids is 1. The summed E-state index contributed by atoms with van der Waals surface area (Å²) in [6.45, 7) is 0.0635. The van der Waals surface area contributed by atoms with Crippen molar-refractivity contribution in [1.82, 2.24) is 10.6 Å². The summed E-state index contributed by atoms with van der Waals surface area (Å²) in [6, 6.07) is 5.98. The normalized spacial score (nSPS) is 19.7. The number of halogens is 4. The van der Waals surface area contributed by atoms with Crippen molar-refractivity contribution in [3.63, 3.8) is 0 Å². The van der Waals surface area contributed by atoms with E-state index in [-0.39, 0.29) is 25.6 Å². The lowest BCUT2D eigenvalue weighted by Gasteiger charge is -2.11. The molecule has 1 aliphatic rings. The Bertz CT molecular complexity index is 472. The molecule has 2 N–H and O–H groups in total. The predicted octanol–water partition coefficient (Wildman–Crippen LogP) is 2.25. The molecule has 1 aliphatic heterocycles. The van der Waals surface area contributed by atoms with E-state index in [1.165, 1.54) is 0 Å². The van der Waals surface area contributed by atoms with Crippen LogP contribution < -0.4 is 15.4 Å². The number of nitrogens with one attached hydrogen (secondary N) is 2. The maximum atomic E-state index is 12.9. The van der Waals surface area contributed by atoms with Gasteiger partial charge >= 0.3 is 0 Å². The highest BCUT2D eigenvalue weighted by molar-refractivity contribution is 6.30. The Balaban J connectivity index is 0.00000220. The summed E-state index contributed by atoms with van der Waals surface area (Å²) < 4.78 is 31.2. The fraction of sp³-hybridized carbons (Fsp3) is 0.462. The molecule has 1 saturated heterocycles. The second kappa shape index (κ2) is 7.77. The van der Waals surface area contributed by atoms with Crippen molar-refractivity contribution in [2.75, 3.05) is 19.7 Å². The molecule has 1 unspecified atom stereocenters. The minimum absolute atomic E-state index is 0. The van der Waals surface area contributed by atoms with Crippen LogP contribution in [0, 0.1) is 0 Å². The number of hydrogen-bond acceptors (Lipinski definition) is 3. The van der Waals surface area contributed by atoms with Crippen LogP contribution in [0.3, 0.4) is 0 Å². The van der Waals surface area contributed by atoms with E-state index in [4.69, 9.17) is 16.3 Å². The molecule has 0 aromatic heterocycles. The van der Waals surface area contributed by atoms with Gasteiger partial charge in [0.05, 0.1) is 19.1 Å². The van der Waals surface area contributed by atoms with Crippen LogP contribution >= 0.6 is 24.0 Å². The highest BCUT2D eigenvalue weighted by Crippen LogP contribution is 2.24. The molecule has 4 nitrogen and oxygen atoms in total. The van der Waals surface area contributed by atoms with Crippen molar-refractivity contribution in [3.05, 3.63) is 29.3 Å². The molecule has 1 fully saturated rings. The second-order valence-corrected chi connectivity index (χ2v) is 5.02. The molecule has 0 bridgehead atoms. The minimum atomic E-state index is -2.80. The van der Waals surface area contributed by atoms with Crippen LogP contribution in [0.15, 0.2) is 24.3 Å². The lowest BCUT2D eigenvalue weighted by atomic mass is 10.2. The summed E-state index contributed by atoms with van der Waals surface area (Å²) in [4.78, 5) is 11.6. The first-order valence-electron chi connectivity index (χ1n) is 6.24. The smallest absolute Gasteiger partial charge is 0.262 e. The van der Waals surface area contributed by atoms with Gasteiger partial charge < -0.3 is 10.1 Å². The first-order valence-corrected chi connectivity index (χ1v) is 6.61. The van der Waals surface area contributed by atoms with Gasteiger partial charge in [0.25, 0.3) is 5.92 Å². The van der Waals surface area contributed by atoms with Crippen LogP contribution in [0.2, 0.25) is 5.02 Å². The van der Waals surface area contributed by atoms with Gasteiger partial charge in [-0.3, -0.25) is 10.1 Å². The SMILES string of the molecule is Cl.O=C(NCCOc1ccc(Cl)cc1)C1CC(F)(F)CN1. The van der Waals surface area contributed by atoms with Gasteiger partial charge in [0, 0.05) is 11.4 Å². The fourth-order valence-corrected chi connectivity index (χ4v) is 2.02. The molecule has 0 radical (unpaired) electrons. The van der Waals surface area contributed by atoms with Crippen molar-refractivity contribution in [2.45, 2.75) is 18.4 Å². The maximum absolute atomic E-state index is 12.9. The van der Waals surface area contributed by atoms with E-state index in [2.05, 4.69) is 10.6 Å². The summed E-state index contributed by atoms with van der Waals surface area (Å²) in [5.74, 6) is -2.60. The summed E-state index contributed by atoms with van der Waals surface area (Å²) >= 11 is 5.73. The topological polar surface area (TPSA) is 50.4 Å². The molecule has 2 rings (SSSR count). The maximum Gasteiger partial charge on any atom is 0.262 e. The van der Waals surface area contributed by atoms with Crippen molar-refractivity contribution < 1.29 is 18.3 Å². The van der Waals surface area contributed by atoms with Gasteiger partial charge in [-0.05, 0) is 24.3 Å². The first-order chi connectivity index (χ1) is 9.46. The number of alkyl halides is 2. The summed E-state index contributed by atoms with van der Waals surface area (Å²) in [5, 5.41) is 5.66. The molecule has 1 heterocycles. The Hall–Kier alpha value is -1.11. The molecule has 8 heteroatoms.